The Hall–Kier alpha value is -3.73. The number of hydrogen-bond donors (Lipinski definition) is 0. The fraction of sp³-hybridized carbons (Fsp3) is 0.440. The van der Waals surface area contributed by atoms with Gasteiger partial charge < -0.3 is 18.9 Å². The number of piperidine rings is 1. The second kappa shape index (κ2) is 9.38. The molecule has 10 nitrogen and oxygen atoms in total. The number of ether oxygens (including phenoxy) is 4. The first-order valence-electron chi connectivity index (χ1n) is 12.0. The Morgan fingerprint density at radius 2 is 2.06 bits per heavy atom. The van der Waals surface area contributed by atoms with Crippen molar-refractivity contribution in [3.63, 3.8) is 0 Å². The second-order valence-electron chi connectivity index (χ2n) is 9.13. The summed E-state index contributed by atoms with van der Waals surface area (Å²) in [6.45, 7) is 3.50. The summed E-state index contributed by atoms with van der Waals surface area (Å²) >= 11 is 0. The van der Waals surface area contributed by atoms with Crippen LogP contribution in [-0.4, -0.2) is 78.6 Å². The summed E-state index contributed by atoms with van der Waals surface area (Å²) in [5.74, 6) is 1.20. The van der Waals surface area contributed by atoms with Gasteiger partial charge in [-0.2, -0.15) is 0 Å². The summed E-state index contributed by atoms with van der Waals surface area (Å²) in [5, 5.41) is 0. The SMILES string of the molecule is COc1ccc2ncc(F)c(CCN3CC[C@@H]4CN(c5cnc6c(c5)OCCO6)C(=O)O[C@H]4C3)c2n1. The lowest BCUT2D eigenvalue weighted by Crippen LogP contribution is -2.56. The molecule has 36 heavy (non-hydrogen) atoms. The van der Waals surface area contributed by atoms with Crippen LogP contribution in [0, 0.1) is 11.7 Å². The molecule has 1 amide bonds. The molecule has 0 bridgehead atoms. The van der Waals surface area contributed by atoms with Gasteiger partial charge in [0, 0.05) is 43.2 Å². The van der Waals surface area contributed by atoms with E-state index in [-0.39, 0.29) is 17.8 Å². The summed E-state index contributed by atoms with van der Waals surface area (Å²) in [6, 6.07) is 5.26. The molecule has 11 heteroatoms. The van der Waals surface area contributed by atoms with E-state index in [1.54, 1.807) is 29.3 Å². The molecule has 188 valence electrons. The first-order valence-corrected chi connectivity index (χ1v) is 12.0. The molecule has 6 rings (SSSR count). The van der Waals surface area contributed by atoms with E-state index in [9.17, 15) is 9.18 Å². The Labute approximate surface area is 206 Å². The number of nitrogens with zero attached hydrogens (tertiary/aromatic N) is 5. The van der Waals surface area contributed by atoms with Crippen LogP contribution in [0.15, 0.2) is 30.6 Å². The molecule has 3 aliphatic rings. The fourth-order valence-corrected chi connectivity index (χ4v) is 5.06. The highest BCUT2D eigenvalue weighted by atomic mass is 19.1. The lowest BCUT2D eigenvalue weighted by Gasteiger charge is -2.44. The molecule has 0 spiro atoms. The quantitative estimate of drug-likeness (QED) is 0.529. The van der Waals surface area contributed by atoms with Gasteiger partial charge in [0.2, 0.25) is 5.88 Å². The van der Waals surface area contributed by atoms with E-state index in [1.165, 1.54) is 13.3 Å². The standard InChI is InChI=1S/C25H26FN5O5/c1-33-22-3-2-19-23(29-22)17(18(26)12-27-19)5-7-30-6-4-15-13-31(25(32)36-21(15)14-30)16-10-20-24(28-11-16)35-9-8-34-20/h2-3,10-12,15,21H,4-9,13-14H2,1H3/t15-,21+/m1/s1. The van der Waals surface area contributed by atoms with Crippen LogP contribution in [0.5, 0.6) is 17.5 Å². The molecule has 2 saturated heterocycles. The maximum absolute atomic E-state index is 14.7. The third-order valence-corrected chi connectivity index (χ3v) is 6.99. The summed E-state index contributed by atoms with van der Waals surface area (Å²) in [7, 11) is 1.53. The summed E-state index contributed by atoms with van der Waals surface area (Å²) in [6.07, 6.45) is 3.55. The van der Waals surface area contributed by atoms with E-state index in [2.05, 4.69) is 19.9 Å². The highest BCUT2D eigenvalue weighted by Gasteiger charge is 2.40. The van der Waals surface area contributed by atoms with Crippen molar-refractivity contribution in [3.8, 4) is 17.5 Å². The van der Waals surface area contributed by atoms with Gasteiger partial charge in [0.1, 0.15) is 25.1 Å². The Morgan fingerprint density at radius 1 is 1.17 bits per heavy atom. The number of hydrogen-bond acceptors (Lipinski definition) is 9. The number of fused-ring (bicyclic) bond motifs is 3. The Kier molecular flexibility index (Phi) is 5.92. The summed E-state index contributed by atoms with van der Waals surface area (Å²) in [5.41, 5.74) is 2.28. The fourth-order valence-electron chi connectivity index (χ4n) is 5.06. The van der Waals surface area contributed by atoms with Gasteiger partial charge in [-0.15, -0.1) is 0 Å². The van der Waals surface area contributed by atoms with Gasteiger partial charge in [0.15, 0.2) is 5.75 Å². The zero-order valence-electron chi connectivity index (χ0n) is 19.9. The van der Waals surface area contributed by atoms with Gasteiger partial charge in [-0.1, -0.05) is 0 Å². The van der Waals surface area contributed by atoms with E-state index >= 15 is 0 Å². The molecule has 3 aromatic heterocycles. The number of carbonyl (C=O) groups is 1. The van der Waals surface area contributed by atoms with E-state index in [0.717, 1.165) is 13.0 Å². The maximum atomic E-state index is 14.7. The molecule has 6 heterocycles. The lowest BCUT2D eigenvalue weighted by molar-refractivity contribution is -0.00652. The molecule has 0 aliphatic carbocycles. The predicted molar refractivity (Wildman–Crippen MR) is 127 cm³/mol. The number of pyridine rings is 3. The smallest absolute Gasteiger partial charge is 0.414 e. The number of anilines is 1. The summed E-state index contributed by atoms with van der Waals surface area (Å²) in [4.78, 5) is 29.5. The van der Waals surface area contributed by atoms with Gasteiger partial charge in [-0.25, -0.2) is 19.2 Å². The summed E-state index contributed by atoms with van der Waals surface area (Å²) < 4.78 is 36.8. The van der Waals surface area contributed by atoms with Crippen molar-refractivity contribution in [3.05, 3.63) is 42.0 Å². The van der Waals surface area contributed by atoms with Crippen LogP contribution in [-0.2, 0) is 11.2 Å². The number of carbonyl (C=O) groups excluding carboxylic acids is 1. The van der Waals surface area contributed by atoms with E-state index < -0.39 is 6.09 Å². The highest BCUT2D eigenvalue weighted by molar-refractivity contribution is 5.88. The second-order valence-corrected chi connectivity index (χ2v) is 9.13. The average molecular weight is 496 g/mol. The molecular formula is C25H26FN5O5. The minimum Gasteiger partial charge on any atom is -0.484 e. The van der Waals surface area contributed by atoms with Crippen molar-refractivity contribution in [1.82, 2.24) is 19.9 Å². The van der Waals surface area contributed by atoms with Gasteiger partial charge >= 0.3 is 6.09 Å². The van der Waals surface area contributed by atoms with Crippen LogP contribution in [0.25, 0.3) is 11.0 Å². The number of likely N-dealkylation sites (tertiary alicyclic amines) is 1. The van der Waals surface area contributed by atoms with Crippen LogP contribution < -0.4 is 19.1 Å². The molecule has 0 saturated carbocycles. The van der Waals surface area contributed by atoms with Gasteiger partial charge in [0.05, 0.1) is 36.2 Å². The van der Waals surface area contributed by atoms with E-state index in [0.29, 0.717) is 79.1 Å². The topological polar surface area (TPSA) is 99.1 Å². The molecule has 0 radical (unpaired) electrons. The van der Waals surface area contributed by atoms with Crippen LogP contribution >= 0.6 is 0 Å². The van der Waals surface area contributed by atoms with Gasteiger partial charge in [-0.3, -0.25) is 14.8 Å². The van der Waals surface area contributed by atoms with E-state index in [1.807, 2.05) is 0 Å². The van der Waals surface area contributed by atoms with Crippen molar-refractivity contribution in [2.45, 2.75) is 18.9 Å². The van der Waals surface area contributed by atoms with Crippen molar-refractivity contribution in [1.29, 1.82) is 0 Å². The number of halogens is 1. The molecule has 3 aromatic rings. The third-order valence-electron chi connectivity index (χ3n) is 6.99. The minimum atomic E-state index is -0.404. The molecule has 0 aromatic carbocycles. The van der Waals surface area contributed by atoms with Crippen LogP contribution in [0.4, 0.5) is 14.9 Å². The zero-order valence-corrected chi connectivity index (χ0v) is 19.9. The van der Waals surface area contributed by atoms with E-state index in [4.69, 9.17) is 18.9 Å². The number of amides is 1. The minimum absolute atomic E-state index is 0.191. The average Bonchev–Trinajstić information content (AvgIpc) is 2.91. The van der Waals surface area contributed by atoms with Crippen molar-refractivity contribution >= 4 is 22.8 Å². The van der Waals surface area contributed by atoms with Crippen molar-refractivity contribution in [2.75, 3.05) is 51.4 Å². The normalized spacial score (nSPS) is 21.7. The molecule has 2 fully saturated rings. The Morgan fingerprint density at radius 3 is 2.94 bits per heavy atom. The largest absolute Gasteiger partial charge is 0.484 e. The molecule has 2 atom stereocenters. The molecule has 0 unspecified atom stereocenters. The molecular weight excluding hydrogens is 469 g/mol. The monoisotopic (exact) mass is 495 g/mol. The van der Waals surface area contributed by atoms with Crippen molar-refractivity contribution in [2.24, 2.45) is 5.92 Å². The first-order chi connectivity index (χ1) is 17.6. The number of methoxy groups -OCH3 is 1. The predicted octanol–water partition coefficient (Wildman–Crippen LogP) is 2.83. The molecule has 3 aliphatic heterocycles. The third kappa shape index (κ3) is 4.23. The van der Waals surface area contributed by atoms with Crippen LogP contribution in [0.3, 0.4) is 0 Å². The highest BCUT2D eigenvalue weighted by Crippen LogP contribution is 2.35. The van der Waals surface area contributed by atoms with Crippen molar-refractivity contribution < 1.29 is 28.1 Å². The number of rotatable bonds is 5. The first kappa shape index (κ1) is 22.7. The Balaban J connectivity index is 1.12. The lowest BCUT2D eigenvalue weighted by atomic mass is 9.91. The van der Waals surface area contributed by atoms with Gasteiger partial charge in [0.25, 0.3) is 5.88 Å². The van der Waals surface area contributed by atoms with Crippen LogP contribution in [0.1, 0.15) is 12.0 Å². The zero-order chi connectivity index (χ0) is 24.6. The maximum Gasteiger partial charge on any atom is 0.414 e. The Bertz CT molecular complexity index is 1310. The molecule has 0 N–H and O–H groups in total. The van der Waals surface area contributed by atoms with Gasteiger partial charge in [-0.05, 0) is 25.5 Å². The number of aromatic nitrogens is 3. The van der Waals surface area contributed by atoms with Crippen LogP contribution in [0.2, 0.25) is 0 Å².